The monoisotopic (exact) mass is 448 g/mol. The molecule has 0 bridgehead atoms. The van der Waals surface area contributed by atoms with Crippen molar-refractivity contribution in [3.8, 4) is 11.1 Å². The lowest BCUT2D eigenvalue weighted by atomic mass is 10.0. The van der Waals surface area contributed by atoms with E-state index in [4.69, 9.17) is 4.74 Å². The summed E-state index contributed by atoms with van der Waals surface area (Å²) in [6, 6.07) is 19.1. The Bertz CT molecular complexity index is 1220. The summed E-state index contributed by atoms with van der Waals surface area (Å²) in [6.07, 6.45) is 1.47. The van der Waals surface area contributed by atoms with Crippen LogP contribution in [0.1, 0.15) is 21.7 Å². The van der Waals surface area contributed by atoms with Crippen molar-refractivity contribution < 1.29 is 14.3 Å². The third-order valence-electron chi connectivity index (χ3n) is 4.88. The normalized spacial score (nSPS) is 11.9. The summed E-state index contributed by atoms with van der Waals surface area (Å²) >= 11 is 2.89. The van der Waals surface area contributed by atoms with Crippen LogP contribution >= 0.6 is 23.1 Å². The molecule has 2 aromatic heterocycles. The molecule has 1 unspecified atom stereocenters. The van der Waals surface area contributed by atoms with Crippen LogP contribution in [0.4, 0.5) is 0 Å². The molecule has 0 radical (unpaired) electrons. The van der Waals surface area contributed by atoms with Crippen molar-refractivity contribution >= 4 is 45.1 Å². The highest BCUT2D eigenvalue weighted by Crippen LogP contribution is 2.42. The Labute approximate surface area is 188 Å². The predicted molar refractivity (Wildman–Crippen MR) is 125 cm³/mol. The first-order valence-electron chi connectivity index (χ1n) is 9.70. The lowest BCUT2D eigenvalue weighted by molar-refractivity contribution is -0.140. The van der Waals surface area contributed by atoms with Crippen LogP contribution in [-0.4, -0.2) is 34.1 Å². The molecule has 0 saturated heterocycles. The first-order valence-corrected chi connectivity index (χ1v) is 11.4. The number of fused-ring (bicyclic) bond motifs is 1. The number of ether oxygens (including phenoxy) is 1. The molecular weight excluding hydrogens is 428 g/mol. The van der Waals surface area contributed by atoms with Crippen molar-refractivity contribution in [1.29, 1.82) is 0 Å². The molecule has 0 N–H and O–H groups in total. The van der Waals surface area contributed by atoms with Crippen molar-refractivity contribution in [2.24, 2.45) is 0 Å². The van der Waals surface area contributed by atoms with Crippen molar-refractivity contribution in [2.75, 3.05) is 7.11 Å². The van der Waals surface area contributed by atoms with E-state index in [1.165, 1.54) is 25.2 Å². The third-order valence-corrected chi connectivity index (χ3v) is 7.09. The highest BCUT2D eigenvalue weighted by molar-refractivity contribution is 8.00. The van der Waals surface area contributed by atoms with Gasteiger partial charge >= 0.3 is 5.97 Å². The van der Waals surface area contributed by atoms with Crippen LogP contribution in [0.5, 0.6) is 0 Å². The molecule has 2 aromatic carbocycles. The number of thiophene rings is 1. The molecule has 0 aliphatic heterocycles. The van der Waals surface area contributed by atoms with E-state index in [9.17, 15) is 9.59 Å². The molecule has 0 fully saturated rings. The van der Waals surface area contributed by atoms with Crippen LogP contribution in [0.3, 0.4) is 0 Å². The maximum Gasteiger partial charge on any atom is 0.307 e. The minimum absolute atomic E-state index is 0.0375. The topological polar surface area (TPSA) is 69.2 Å². The average molecular weight is 449 g/mol. The molecule has 0 spiro atoms. The third kappa shape index (κ3) is 4.52. The van der Waals surface area contributed by atoms with Gasteiger partial charge in [-0.25, -0.2) is 9.97 Å². The van der Waals surface area contributed by atoms with Gasteiger partial charge in [0, 0.05) is 16.0 Å². The van der Waals surface area contributed by atoms with Crippen LogP contribution in [-0.2, 0) is 9.53 Å². The fraction of sp³-hybridized carbons (Fsp3) is 0.167. The molecule has 0 amide bonds. The molecule has 5 nitrogen and oxygen atoms in total. The van der Waals surface area contributed by atoms with E-state index in [1.54, 1.807) is 23.5 Å². The van der Waals surface area contributed by atoms with E-state index in [-0.39, 0.29) is 12.2 Å². The average Bonchev–Trinajstić information content (AvgIpc) is 3.15. The first kappa shape index (κ1) is 21.2. The van der Waals surface area contributed by atoms with Gasteiger partial charge in [-0.15, -0.1) is 11.3 Å². The zero-order chi connectivity index (χ0) is 21.8. The number of carbonyl (C=O) groups excluding carboxylic acids is 2. The number of nitrogens with zero attached hydrogens (tertiary/aromatic N) is 2. The summed E-state index contributed by atoms with van der Waals surface area (Å²) in [5.41, 5.74) is 2.69. The standard InChI is InChI=1S/C24H20N2O3S2/c1-15-20(16-9-5-3-6-10-16)21-23(30-15)25-14-26-24(21)31-18(13-19(27)29-2)22(28)17-11-7-4-8-12-17/h3-12,14,18H,13H2,1-2H3. The van der Waals surface area contributed by atoms with Gasteiger partial charge in [0.2, 0.25) is 0 Å². The largest absolute Gasteiger partial charge is 0.469 e. The summed E-state index contributed by atoms with van der Waals surface area (Å²) < 4.78 is 4.85. The van der Waals surface area contributed by atoms with Crippen LogP contribution in [0.15, 0.2) is 72.0 Å². The van der Waals surface area contributed by atoms with Crippen LogP contribution in [0, 0.1) is 6.92 Å². The van der Waals surface area contributed by atoms with E-state index in [0.29, 0.717) is 10.6 Å². The van der Waals surface area contributed by atoms with Crippen LogP contribution < -0.4 is 0 Å². The van der Waals surface area contributed by atoms with Gasteiger partial charge in [-0.3, -0.25) is 9.59 Å². The number of esters is 1. The smallest absolute Gasteiger partial charge is 0.307 e. The summed E-state index contributed by atoms with van der Waals surface area (Å²) in [7, 11) is 1.33. The number of rotatable bonds is 7. The number of benzene rings is 2. The van der Waals surface area contributed by atoms with Gasteiger partial charge in [-0.05, 0) is 12.5 Å². The van der Waals surface area contributed by atoms with Gasteiger partial charge in [-0.2, -0.15) is 0 Å². The fourth-order valence-corrected chi connectivity index (χ4v) is 5.64. The van der Waals surface area contributed by atoms with Crippen molar-refractivity contribution in [1.82, 2.24) is 9.97 Å². The number of carbonyl (C=O) groups is 2. The SMILES string of the molecule is COC(=O)CC(Sc1ncnc2sc(C)c(-c3ccccc3)c12)C(=O)c1ccccc1. The highest BCUT2D eigenvalue weighted by Gasteiger charge is 2.27. The number of thioether (sulfide) groups is 1. The molecule has 4 aromatic rings. The lowest BCUT2D eigenvalue weighted by Gasteiger charge is -2.15. The van der Waals surface area contributed by atoms with E-state index in [0.717, 1.165) is 26.2 Å². The first-order chi connectivity index (χ1) is 15.1. The van der Waals surface area contributed by atoms with Crippen molar-refractivity contribution in [3.05, 3.63) is 77.4 Å². The molecule has 4 rings (SSSR count). The number of hydrogen-bond acceptors (Lipinski definition) is 7. The molecule has 31 heavy (non-hydrogen) atoms. The predicted octanol–water partition coefficient (Wildman–Crippen LogP) is 5.57. The molecule has 2 heterocycles. The maximum absolute atomic E-state index is 13.2. The second-order valence-electron chi connectivity index (χ2n) is 6.88. The minimum atomic E-state index is -0.656. The molecular formula is C24H20N2O3S2. The van der Waals surface area contributed by atoms with Crippen molar-refractivity contribution in [2.45, 2.75) is 23.6 Å². The summed E-state index contributed by atoms with van der Waals surface area (Å²) in [4.78, 5) is 36.3. The van der Waals surface area contributed by atoms with E-state index in [1.807, 2.05) is 36.4 Å². The fourth-order valence-electron chi connectivity index (χ4n) is 3.41. The summed E-state index contributed by atoms with van der Waals surface area (Å²) in [5, 5.41) is 0.945. The quantitative estimate of drug-likeness (QED) is 0.159. The number of hydrogen-bond donors (Lipinski definition) is 0. The molecule has 0 aliphatic carbocycles. The molecule has 1 atom stereocenters. The zero-order valence-electron chi connectivity index (χ0n) is 17.1. The zero-order valence-corrected chi connectivity index (χ0v) is 18.7. The Balaban J connectivity index is 1.79. The highest BCUT2D eigenvalue weighted by atomic mass is 32.2. The number of Topliss-reactive ketones (excluding diaryl/α,β-unsaturated/α-hetero) is 1. The summed E-state index contributed by atoms with van der Waals surface area (Å²) in [6.45, 7) is 2.06. The maximum atomic E-state index is 13.2. The Morgan fingerprint density at radius 3 is 2.39 bits per heavy atom. The van der Waals surface area contributed by atoms with Crippen molar-refractivity contribution in [3.63, 3.8) is 0 Å². The van der Waals surface area contributed by atoms with Gasteiger partial charge in [0.25, 0.3) is 0 Å². The van der Waals surface area contributed by atoms with Crippen LogP contribution in [0.2, 0.25) is 0 Å². The van der Waals surface area contributed by atoms with Gasteiger partial charge in [0.1, 0.15) is 16.2 Å². The number of aryl methyl sites for hydroxylation is 1. The lowest BCUT2D eigenvalue weighted by Crippen LogP contribution is -2.22. The Morgan fingerprint density at radius 1 is 1.03 bits per heavy atom. The number of aromatic nitrogens is 2. The number of methoxy groups -OCH3 is 1. The van der Waals surface area contributed by atoms with Gasteiger partial charge in [0.05, 0.1) is 24.2 Å². The van der Waals surface area contributed by atoms with Gasteiger partial charge < -0.3 is 4.74 Å². The van der Waals surface area contributed by atoms with E-state index < -0.39 is 11.2 Å². The second-order valence-corrected chi connectivity index (χ2v) is 9.27. The summed E-state index contributed by atoms with van der Waals surface area (Å²) in [5.74, 6) is -0.562. The molecule has 0 aliphatic rings. The molecule has 7 heteroatoms. The molecule has 156 valence electrons. The van der Waals surface area contributed by atoms with Crippen LogP contribution in [0.25, 0.3) is 21.3 Å². The number of ketones is 1. The van der Waals surface area contributed by atoms with Gasteiger partial charge in [-0.1, -0.05) is 72.4 Å². The Hall–Kier alpha value is -3.03. The minimum Gasteiger partial charge on any atom is -0.469 e. The second kappa shape index (κ2) is 9.41. The Kier molecular flexibility index (Phi) is 6.44. The van der Waals surface area contributed by atoms with E-state index in [2.05, 4.69) is 29.0 Å². The molecule has 0 saturated carbocycles. The Morgan fingerprint density at radius 2 is 1.71 bits per heavy atom. The van der Waals surface area contributed by atoms with Gasteiger partial charge in [0.15, 0.2) is 5.78 Å². The van der Waals surface area contributed by atoms with E-state index >= 15 is 0 Å².